The number of amides is 1. The van der Waals surface area contributed by atoms with Crippen molar-refractivity contribution < 1.29 is 14.3 Å². The Labute approximate surface area is 108 Å². The van der Waals surface area contributed by atoms with E-state index in [0.29, 0.717) is 24.7 Å². The van der Waals surface area contributed by atoms with Gasteiger partial charge in [0.05, 0.1) is 12.7 Å². The number of nitriles is 1. The average Bonchev–Trinajstić information content (AvgIpc) is 3.03. The summed E-state index contributed by atoms with van der Waals surface area (Å²) in [6.45, 7) is 1.21. The molecule has 0 unspecified atom stereocenters. The van der Waals surface area contributed by atoms with Crippen molar-refractivity contribution >= 4 is 6.09 Å². The van der Waals surface area contributed by atoms with Crippen LogP contribution in [0.2, 0.25) is 0 Å². The number of furan rings is 1. The zero-order chi connectivity index (χ0) is 13.4. The molecular formula is C12H10N4O3. The number of nitrogens with zero attached hydrogens (tertiary/aromatic N) is 4. The van der Waals surface area contributed by atoms with Gasteiger partial charge in [0.25, 0.3) is 0 Å². The molecule has 1 N–H and O–H groups in total. The van der Waals surface area contributed by atoms with E-state index in [9.17, 15) is 4.79 Å². The van der Waals surface area contributed by atoms with Crippen LogP contribution < -0.4 is 0 Å². The van der Waals surface area contributed by atoms with Crippen LogP contribution in [0.5, 0.6) is 0 Å². The van der Waals surface area contributed by atoms with Gasteiger partial charge in [0.1, 0.15) is 17.6 Å². The fraction of sp³-hybridized carbons (Fsp3) is 0.250. The molecule has 0 spiro atoms. The number of fused-ring (bicyclic) bond motifs is 1. The standard InChI is InChI=1S/C12H10N4O3/c13-5-8-1-2-10(19-8)9-6-14-11-7-15(12(17)18)3-4-16(9)11/h1-2,6H,3-4,7H2,(H,17,18). The van der Waals surface area contributed by atoms with Crippen molar-refractivity contribution in [1.29, 1.82) is 5.26 Å². The molecule has 0 radical (unpaired) electrons. The number of aromatic nitrogens is 2. The number of hydrogen-bond donors (Lipinski definition) is 1. The molecule has 2 aromatic rings. The molecule has 7 heteroatoms. The Balaban J connectivity index is 1.95. The van der Waals surface area contributed by atoms with Crippen LogP contribution in [0.15, 0.2) is 22.7 Å². The molecule has 0 fully saturated rings. The molecule has 1 amide bonds. The van der Waals surface area contributed by atoms with E-state index in [-0.39, 0.29) is 12.3 Å². The third-order valence-corrected chi connectivity index (χ3v) is 3.10. The van der Waals surface area contributed by atoms with Crippen molar-refractivity contribution in [1.82, 2.24) is 14.5 Å². The maximum absolute atomic E-state index is 10.9. The third kappa shape index (κ3) is 1.83. The summed E-state index contributed by atoms with van der Waals surface area (Å²) in [5.74, 6) is 1.49. The summed E-state index contributed by atoms with van der Waals surface area (Å²) < 4.78 is 7.28. The molecule has 1 aliphatic rings. The maximum atomic E-state index is 10.9. The Kier molecular flexibility index (Phi) is 2.49. The monoisotopic (exact) mass is 258 g/mol. The van der Waals surface area contributed by atoms with Crippen molar-refractivity contribution in [2.24, 2.45) is 0 Å². The van der Waals surface area contributed by atoms with Gasteiger partial charge in [-0.15, -0.1) is 0 Å². The van der Waals surface area contributed by atoms with Crippen molar-refractivity contribution in [3.05, 3.63) is 29.9 Å². The van der Waals surface area contributed by atoms with Crippen molar-refractivity contribution in [3.8, 4) is 17.5 Å². The quantitative estimate of drug-likeness (QED) is 0.836. The van der Waals surface area contributed by atoms with Crippen LogP contribution in [-0.2, 0) is 13.1 Å². The summed E-state index contributed by atoms with van der Waals surface area (Å²) in [6.07, 6.45) is 0.696. The first-order valence-electron chi connectivity index (χ1n) is 5.71. The highest BCUT2D eigenvalue weighted by molar-refractivity contribution is 5.65. The lowest BCUT2D eigenvalue weighted by atomic mass is 10.3. The molecule has 0 saturated carbocycles. The largest absolute Gasteiger partial charge is 0.465 e. The van der Waals surface area contributed by atoms with E-state index in [1.54, 1.807) is 18.3 Å². The molecule has 0 saturated heterocycles. The molecule has 3 rings (SSSR count). The van der Waals surface area contributed by atoms with E-state index in [0.717, 1.165) is 5.69 Å². The summed E-state index contributed by atoms with van der Waals surface area (Å²) in [7, 11) is 0. The first kappa shape index (κ1) is 11.3. The smallest absolute Gasteiger partial charge is 0.407 e. The van der Waals surface area contributed by atoms with Crippen LogP contribution in [0, 0.1) is 11.3 Å². The summed E-state index contributed by atoms with van der Waals surface area (Å²) in [5, 5.41) is 17.7. The first-order chi connectivity index (χ1) is 9.19. The van der Waals surface area contributed by atoms with Gasteiger partial charge in [-0.05, 0) is 12.1 Å². The van der Waals surface area contributed by atoms with E-state index in [1.165, 1.54) is 4.90 Å². The van der Waals surface area contributed by atoms with Gasteiger partial charge < -0.3 is 14.1 Å². The molecule has 19 heavy (non-hydrogen) atoms. The van der Waals surface area contributed by atoms with Crippen LogP contribution in [0.1, 0.15) is 11.6 Å². The highest BCUT2D eigenvalue weighted by Crippen LogP contribution is 2.25. The van der Waals surface area contributed by atoms with Crippen LogP contribution >= 0.6 is 0 Å². The van der Waals surface area contributed by atoms with Crippen molar-refractivity contribution in [2.45, 2.75) is 13.1 Å². The van der Waals surface area contributed by atoms with E-state index in [1.807, 2.05) is 10.6 Å². The summed E-state index contributed by atoms with van der Waals surface area (Å²) in [6, 6.07) is 5.24. The third-order valence-electron chi connectivity index (χ3n) is 3.10. The van der Waals surface area contributed by atoms with Gasteiger partial charge >= 0.3 is 6.09 Å². The molecule has 0 aliphatic carbocycles. The fourth-order valence-corrected chi connectivity index (χ4v) is 2.16. The van der Waals surface area contributed by atoms with Crippen molar-refractivity contribution in [3.63, 3.8) is 0 Å². The van der Waals surface area contributed by atoms with Gasteiger partial charge in [-0.3, -0.25) is 4.90 Å². The van der Waals surface area contributed by atoms with Gasteiger partial charge in [-0.1, -0.05) is 0 Å². The topological polar surface area (TPSA) is 95.3 Å². The predicted molar refractivity (Wildman–Crippen MR) is 63.1 cm³/mol. The normalized spacial score (nSPS) is 13.9. The predicted octanol–water partition coefficient (Wildman–Crippen LogP) is 1.51. The zero-order valence-electron chi connectivity index (χ0n) is 9.91. The Bertz CT molecular complexity index is 679. The average molecular weight is 258 g/mol. The lowest BCUT2D eigenvalue weighted by molar-refractivity contribution is 0.132. The number of carboxylic acid groups (broad SMARTS) is 1. The van der Waals surface area contributed by atoms with Crippen LogP contribution in [0.25, 0.3) is 11.5 Å². The lowest BCUT2D eigenvalue weighted by Crippen LogP contribution is -2.37. The number of carbonyl (C=O) groups is 1. The first-order valence-corrected chi connectivity index (χ1v) is 5.71. The molecule has 0 aromatic carbocycles. The number of imidazole rings is 1. The molecule has 0 atom stereocenters. The van der Waals surface area contributed by atoms with E-state index in [4.69, 9.17) is 14.8 Å². The Morgan fingerprint density at radius 2 is 2.32 bits per heavy atom. The molecule has 96 valence electrons. The fourth-order valence-electron chi connectivity index (χ4n) is 2.16. The summed E-state index contributed by atoms with van der Waals surface area (Å²) in [5.41, 5.74) is 0.765. The zero-order valence-corrected chi connectivity index (χ0v) is 9.91. The van der Waals surface area contributed by atoms with Gasteiger partial charge in [0.2, 0.25) is 5.76 Å². The molecule has 0 bridgehead atoms. The minimum atomic E-state index is -0.944. The van der Waals surface area contributed by atoms with Gasteiger partial charge in [-0.25, -0.2) is 9.78 Å². The van der Waals surface area contributed by atoms with Crippen LogP contribution in [0.4, 0.5) is 4.79 Å². The lowest BCUT2D eigenvalue weighted by Gasteiger charge is -2.25. The number of rotatable bonds is 1. The van der Waals surface area contributed by atoms with E-state index >= 15 is 0 Å². The minimum Gasteiger partial charge on any atom is -0.465 e. The molecule has 7 nitrogen and oxygen atoms in total. The SMILES string of the molecule is N#Cc1ccc(-c2cnc3n2CCN(C(=O)O)C3)o1. The summed E-state index contributed by atoms with van der Waals surface area (Å²) >= 11 is 0. The van der Waals surface area contributed by atoms with Crippen LogP contribution in [-0.4, -0.2) is 32.2 Å². The second-order valence-electron chi connectivity index (χ2n) is 4.19. The van der Waals surface area contributed by atoms with Crippen molar-refractivity contribution in [2.75, 3.05) is 6.54 Å². The molecular weight excluding hydrogens is 248 g/mol. The highest BCUT2D eigenvalue weighted by Gasteiger charge is 2.24. The summed E-state index contributed by atoms with van der Waals surface area (Å²) in [4.78, 5) is 16.4. The molecule has 3 heterocycles. The molecule has 2 aromatic heterocycles. The van der Waals surface area contributed by atoms with Gasteiger partial charge in [0, 0.05) is 13.1 Å². The second-order valence-corrected chi connectivity index (χ2v) is 4.19. The molecule has 1 aliphatic heterocycles. The van der Waals surface area contributed by atoms with Gasteiger partial charge in [0.15, 0.2) is 5.76 Å². The van der Waals surface area contributed by atoms with Gasteiger partial charge in [-0.2, -0.15) is 5.26 Å². The van der Waals surface area contributed by atoms with Crippen LogP contribution in [0.3, 0.4) is 0 Å². The maximum Gasteiger partial charge on any atom is 0.407 e. The second kappa shape index (κ2) is 4.17. The highest BCUT2D eigenvalue weighted by atomic mass is 16.4. The Morgan fingerprint density at radius 3 is 3.00 bits per heavy atom. The Hall–Kier alpha value is -2.75. The van der Waals surface area contributed by atoms with E-state index < -0.39 is 6.09 Å². The minimum absolute atomic E-state index is 0.244. The van der Waals surface area contributed by atoms with E-state index in [2.05, 4.69) is 4.98 Å². The Morgan fingerprint density at radius 1 is 1.47 bits per heavy atom. The number of hydrogen-bond acceptors (Lipinski definition) is 4.